The summed E-state index contributed by atoms with van der Waals surface area (Å²) >= 11 is 6.13. The Morgan fingerprint density at radius 1 is 0.913 bits per heavy atom. The summed E-state index contributed by atoms with van der Waals surface area (Å²) < 4.78 is 0. The number of phenolic OH excluding ortho intramolecular Hbond substituents is 2. The van der Waals surface area contributed by atoms with Gasteiger partial charge in [-0.05, 0) is 48.1 Å². The molecule has 0 aliphatic heterocycles. The maximum atomic E-state index is 10.4. The normalized spacial score (nSPS) is 16.0. The number of hydrogen-bond acceptors (Lipinski definition) is 2. The van der Waals surface area contributed by atoms with Crippen molar-refractivity contribution >= 4 is 23.8 Å². The van der Waals surface area contributed by atoms with Crippen LogP contribution >= 0.6 is 11.6 Å². The Kier molecular flexibility index (Phi) is 4.92. The van der Waals surface area contributed by atoms with Crippen LogP contribution in [0.5, 0.6) is 11.5 Å². The van der Waals surface area contributed by atoms with Gasteiger partial charge in [-0.2, -0.15) is 0 Å². The molecule has 120 valence electrons. The van der Waals surface area contributed by atoms with Gasteiger partial charge >= 0.3 is 0 Å². The number of phenols is 2. The first-order chi connectivity index (χ1) is 11.1. The van der Waals surface area contributed by atoms with E-state index in [0.29, 0.717) is 10.6 Å². The van der Waals surface area contributed by atoms with Gasteiger partial charge in [-0.3, -0.25) is 0 Å². The summed E-state index contributed by atoms with van der Waals surface area (Å²) in [4.78, 5) is 0. The first kappa shape index (κ1) is 15.9. The molecule has 1 saturated carbocycles. The van der Waals surface area contributed by atoms with Gasteiger partial charge in [-0.25, -0.2) is 0 Å². The molecule has 3 rings (SSSR count). The van der Waals surface area contributed by atoms with E-state index < -0.39 is 0 Å². The van der Waals surface area contributed by atoms with E-state index in [-0.39, 0.29) is 17.4 Å². The third-order valence-electron chi connectivity index (χ3n) is 4.53. The Morgan fingerprint density at radius 2 is 1.57 bits per heavy atom. The predicted octanol–water partition coefficient (Wildman–Crippen LogP) is 5.97. The molecule has 2 nitrogen and oxygen atoms in total. The van der Waals surface area contributed by atoms with E-state index in [9.17, 15) is 10.2 Å². The number of rotatable bonds is 3. The van der Waals surface area contributed by atoms with Gasteiger partial charge in [0.15, 0.2) is 0 Å². The lowest BCUT2D eigenvalue weighted by Crippen LogP contribution is -2.05. The monoisotopic (exact) mass is 328 g/mol. The van der Waals surface area contributed by atoms with Crippen molar-refractivity contribution < 1.29 is 10.2 Å². The minimum Gasteiger partial charge on any atom is -0.507 e. The first-order valence-corrected chi connectivity index (χ1v) is 8.51. The third-order valence-corrected chi connectivity index (χ3v) is 4.88. The van der Waals surface area contributed by atoms with Crippen LogP contribution in [0.2, 0.25) is 5.02 Å². The molecule has 0 saturated heterocycles. The van der Waals surface area contributed by atoms with Gasteiger partial charge in [-0.15, -0.1) is 0 Å². The van der Waals surface area contributed by atoms with Gasteiger partial charge in [0.05, 0.1) is 0 Å². The van der Waals surface area contributed by atoms with Crippen molar-refractivity contribution in [2.45, 2.75) is 38.0 Å². The quantitative estimate of drug-likeness (QED) is 0.681. The van der Waals surface area contributed by atoms with Gasteiger partial charge in [0, 0.05) is 10.6 Å². The molecule has 1 fully saturated rings. The van der Waals surface area contributed by atoms with Crippen LogP contribution in [0, 0.1) is 0 Å². The maximum Gasteiger partial charge on any atom is 0.123 e. The zero-order valence-corrected chi connectivity index (χ0v) is 13.8. The van der Waals surface area contributed by atoms with Crippen LogP contribution in [0.3, 0.4) is 0 Å². The van der Waals surface area contributed by atoms with Crippen molar-refractivity contribution in [2.75, 3.05) is 0 Å². The largest absolute Gasteiger partial charge is 0.507 e. The van der Waals surface area contributed by atoms with Crippen LogP contribution in [0.1, 0.15) is 54.7 Å². The van der Waals surface area contributed by atoms with Crippen LogP contribution in [0.15, 0.2) is 36.4 Å². The number of halogens is 1. The Morgan fingerprint density at radius 3 is 2.22 bits per heavy atom. The summed E-state index contributed by atoms with van der Waals surface area (Å²) in [5, 5.41) is 21.4. The minimum atomic E-state index is 0.190. The molecule has 0 unspecified atom stereocenters. The number of benzene rings is 2. The van der Waals surface area contributed by atoms with Crippen LogP contribution in [0.25, 0.3) is 12.2 Å². The van der Waals surface area contributed by atoms with Crippen molar-refractivity contribution in [3.05, 3.63) is 58.1 Å². The topological polar surface area (TPSA) is 40.5 Å². The minimum absolute atomic E-state index is 0.190. The summed E-state index contributed by atoms with van der Waals surface area (Å²) in [6.45, 7) is 0. The second kappa shape index (κ2) is 7.10. The van der Waals surface area contributed by atoms with E-state index in [4.69, 9.17) is 11.6 Å². The van der Waals surface area contributed by atoms with Gasteiger partial charge in [0.1, 0.15) is 11.5 Å². The maximum absolute atomic E-state index is 10.4. The molecule has 2 aromatic carbocycles. The average Bonchev–Trinajstić information content (AvgIpc) is 2.54. The Hall–Kier alpha value is -1.93. The molecule has 1 aliphatic carbocycles. The highest BCUT2D eigenvalue weighted by atomic mass is 35.5. The summed E-state index contributed by atoms with van der Waals surface area (Å²) in [5.41, 5.74) is 2.38. The molecule has 0 heterocycles. The average molecular weight is 329 g/mol. The summed E-state index contributed by atoms with van der Waals surface area (Å²) in [5.74, 6) is 0.650. The van der Waals surface area contributed by atoms with Crippen molar-refractivity contribution in [1.29, 1.82) is 0 Å². The highest BCUT2D eigenvalue weighted by molar-refractivity contribution is 6.32. The van der Waals surface area contributed by atoms with E-state index in [1.807, 2.05) is 36.4 Å². The highest BCUT2D eigenvalue weighted by Gasteiger charge is 2.22. The van der Waals surface area contributed by atoms with E-state index in [0.717, 1.165) is 36.8 Å². The Bertz CT molecular complexity index is 692. The number of aromatic hydroxyl groups is 2. The first-order valence-electron chi connectivity index (χ1n) is 8.13. The van der Waals surface area contributed by atoms with Crippen LogP contribution in [-0.4, -0.2) is 10.2 Å². The van der Waals surface area contributed by atoms with Crippen LogP contribution < -0.4 is 0 Å². The van der Waals surface area contributed by atoms with Crippen molar-refractivity contribution in [3.8, 4) is 11.5 Å². The number of hydrogen-bond donors (Lipinski definition) is 2. The molecule has 2 aromatic rings. The predicted molar refractivity (Wildman–Crippen MR) is 96.0 cm³/mol. The van der Waals surface area contributed by atoms with Crippen LogP contribution in [0.4, 0.5) is 0 Å². The van der Waals surface area contributed by atoms with Gasteiger partial charge < -0.3 is 10.2 Å². The third kappa shape index (κ3) is 3.70. The molecule has 23 heavy (non-hydrogen) atoms. The molecule has 0 aromatic heterocycles. The highest BCUT2D eigenvalue weighted by Crippen LogP contribution is 2.42. The summed E-state index contributed by atoms with van der Waals surface area (Å²) in [6, 6.07) is 11.0. The SMILES string of the molecule is Oc1cc(/C=C/c2ccccc2Cl)cc(O)c1C1CCCCC1. The molecule has 0 atom stereocenters. The van der Waals surface area contributed by atoms with Crippen molar-refractivity contribution in [1.82, 2.24) is 0 Å². The van der Waals surface area contributed by atoms with E-state index in [1.54, 1.807) is 12.1 Å². The van der Waals surface area contributed by atoms with Gasteiger partial charge in [0.2, 0.25) is 0 Å². The lowest BCUT2D eigenvalue weighted by atomic mass is 9.83. The molecule has 2 N–H and O–H groups in total. The molecule has 0 bridgehead atoms. The van der Waals surface area contributed by atoms with Crippen molar-refractivity contribution in [3.63, 3.8) is 0 Å². The molecule has 1 aliphatic rings. The fourth-order valence-corrected chi connectivity index (χ4v) is 3.54. The second-order valence-corrected chi connectivity index (χ2v) is 6.57. The van der Waals surface area contributed by atoms with E-state index in [2.05, 4.69) is 0 Å². The fraction of sp³-hybridized carbons (Fsp3) is 0.300. The Balaban J connectivity index is 1.86. The molecule has 0 amide bonds. The lowest BCUT2D eigenvalue weighted by molar-refractivity contribution is 0.389. The molecule has 0 spiro atoms. The van der Waals surface area contributed by atoms with Crippen LogP contribution in [-0.2, 0) is 0 Å². The molecular weight excluding hydrogens is 308 g/mol. The zero-order valence-electron chi connectivity index (χ0n) is 13.0. The lowest BCUT2D eigenvalue weighted by Gasteiger charge is -2.23. The standard InChI is InChI=1S/C20H21ClO2/c21-17-9-5-4-6-15(17)11-10-14-12-18(22)20(19(23)13-14)16-7-2-1-3-8-16/h4-6,9-13,16,22-23H,1-3,7-8H2/b11-10+. The second-order valence-electron chi connectivity index (χ2n) is 6.16. The molecular formula is C20H21ClO2. The fourth-order valence-electron chi connectivity index (χ4n) is 3.35. The molecule has 3 heteroatoms. The summed E-state index contributed by atoms with van der Waals surface area (Å²) in [6.07, 6.45) is 9.39. The van der Waals surface area contributed by atoms with E-state index in [1.165, 1.54) is 6.42 Å². The zero-order chi connectivity index (χ0) is 16.2. The smallest absolute Gasteiger partial charge is 0.123 e. The van der Waals surface area contributed by atoms with Gasteiger partial charge in [-0.1, -0.05) is 61.2 Å². The van der Waals surface area contributed by atoms with Gasteiger partial charge in [0.25, 0.3) is 0 Å². The Labute approximate surface area is 142 Å². The van der Waals surface area contributed by atoms with E-state index >= 15 is 0 Å². The summed E-state index contributed by atoms with van der Waals surface area (Å²) in [7, 11) is 0. The molecule has 0 radical (unpaired) electrons. The van der Waals surface area contributed by atoms with Crippen molar-refractivity contribution in [2.24, 2.45) is 0 Å².